The summed E-state index contributed by atoms with van der Waals surface area (Å²) >= 11 is 1.61. The van der Waals surface area contributed by atoms with Crippen LogP contribution >= 0.6 is 11.8 Å². The summed E-state index contributed by atoms with van der Waals surface area (Å²) in [6.07, 6.45) is 8.37. The zero-order chi connectivity index (χ0) is 83.7. The average molecular weight is 1580 g/mol. The third-order valence-electron chi connectivity index (χ3n) is 21.2. The van der Waals surface area contributed by atoms with Gasteiger partial charge in [-0.2, -0.15) is 0 Å². The first-order valence-electron chi connectivity index (χ1n) is 38.8. The van der Waals surface area contributed by atoms with Gasteiger partial charge in [-0.1, -0.05) is 134 Å². The zero-order valence-corrected chi connectivity index (χ0v) is 68.6. The Labute approximate surface area is 663 Å². The molecule has 0 spiro atoms. The van der Waals surface area contributed by atoms with Gasteiger partial charge in [0.2, 0.25) is 53.2 Å². The molecule has 0 bridgehead atoms. The second-order valence-electron chi connectivity index (χ2n) is 31.3. The Kier molecular flexibility index (Phi) is 40.6. The zero-order valence-electron chi connectivity index (χ0n) is 67.7. The predicted molar refractivity (Wildman–Crippen MR) is 422 cm³/mol. The van der Waals surface area contributed by atoms with E-state index in [2.05, 4.69) is 47.4 Å². The second kappa shape index (κ2) is 47.6. The van der Waals surface area contributed by atoms with Gasteiger partial charge in [-0.3, -0.25) is 83.2 Å². The number of thioether (sulfide) groups is 1. The Morgan fingerprint density at radius 1 is 0.545 bits per heavy atom. The quantitative estimate of drug-likeness (QED) is 0.0165. The molecule has 3 aromatic carbocycles. The SMILES string of the molecule is CCC[C@@H]1[C@H](C(=O)C[C@@H](Cc2ccc(OC)cc2)C(=O)NC)[C@H]1C(=O)NO.CNC(=O)[C@@H](CC(=O)[C@@H]1CC(C)=C[C@H](SC(C)(C)C)[C@@H]1C(=O)NO)Cc1ccccc1.CNC(=O)[C@@H](CC(=O)[C@H]1[C@H](C(=O)NO)[C@@H]1C(C)C)Cc1ccc(OC)cc1.CNC(=O)[C@@H]1CCCCNC(=O)CC[C@@H](C(=O)NO)[C@@H](CC(C)C)C(=O)C1. The number of rotatable bonds is 31. The van der Waals surface area contributed by atoms with Crippen molar-refractivity contribution >= 4 is 88.1 Å². The Hall–Kier alpha value is -8.90. The average Bonchev–Trinajstić information content (AvgIpc) is 1.59. The molecule has 29 heteroatoms. The highest BCUT2D eigenvalue weighted by Gasteiger charge is 2.60. The highest BCUT2D eigenvalue weighted by Crippen LogP contribution is 2.53. The van der Waals surface area contributed by atoms with Crippen molar-refractivity contribution in [3.8, 4) is 11.5 Å². The maximum absolute atomic E-state index is 13.4. The lowest BCUT2D eigenvalue weighted by Crippen LogP contribution is -2.45. The summed E-state index contributed by atoms with van der Waals surface area (Å²) in [7, 11) is 9.37. The Balaban J connectivity index is 0.000000315. The lowest BCUT2D eigenvalue weighted by atomic mass is 9.74. The largest absolute Gasteiger partial charge is 0.497 e. The molecule has 13 N–H and O–H groups in total. The van der Waals surface area contributed by atoms with Crippen LogP contribution in [0.15, 0.2) is 90.5 Å². The first-order valence-corrected chi connectivity index (χ1v) is 39.7. The lowest BCUT2D eigenvalue weighted by molar-refractivity contribution is -0.141. The van der Waals surface area contributed by atoms with Crippen LogP contribution in [-0.2, 0) is 81.6 Å². The van der Waals surface area contributed by atoms with Gasteiger partial charge in [-0.25, -0.2) is 21.9 Å². The number of carbonyl (C=O) groups is 13. The van der Waals surface area contributed by atoms with Crippen molar-refractivity contribution in [2.45, 2.75) is 175 Å². The third kappa shape index (κ3) is 29.9. The molecule has 1 heterocycles. The first-order chi connectivity index (χ1) is 53.1. The molecule has 1 aliphatic heterocycles. The fraction of sp³-hybridized carbons (Fsp3) is 0.602. The minimum absolute atomic E-state index is 0.0502. The van der Waals surface area contributed by atoms with Crippen LogP contribution in [0.4, 0.5) is 0 Å². The third-order valence-corrected chi connectivity index (χ3v) is 22.6. The van der Waals surface area contributed by atoms with E-state index in [1.165, 1.54) is 0 Å². The molecule has 3 aliphatic carbocycles. The highest BCUT2D eigenvalue weighted by atomic mass is 32.2. The number of Topliss-reactive ketones (excluding diaryl/α,β-unsaturated/α-hetero) is 4. The standard InChI is InChI=1S/C24H34N2O4S.2C20H28N2O5.C19H33N3O5/c1-15-11-18(21(23(29)26-30)20(12-15)31-24(2,3)4)19(27)14-17(22(28)25-5)13-16-9-7-6-8-10-16;1-11(2)16-17(18(16)20(25)22-26)15(23)10-13(19(24)21-3)9-12-5-7-14(27-4)8-6-12;1-4-5-15-17(18(15)20(25)22-26)16(23)11-13(19(24)21-2)10-12-6-8-14(27-3)9-7-12;1-12(2)10-15-14(19(26)22-27)7-8-17(24)21-9-5-4-6-13(11-16(15)23)18(25)20-3/h6-10,12,17-18,20-21,30H,11,13-14H2,1-5H3,(H,25,28)(H,26,29);5-8,11,13,16-18,26H,9-10H2,1-4H3,(H,21,24)(H,22,25);6-9,13,15,17-18,26H,4-5,10-11H2,1-3H3,(H,21,24)(H,22,25);12-15,27H,4-11H2,1-3H3,(H,20,25)(H,21,24)(H,22,26)/t17-,18+,20+,21-;13-,16-,17-,18-;13-,15-,17-,18+;13-,14-,15-/m1111/s1. The maximum Gasteiger partial charge on any atom is 0.248 e. The van der Waals surface area contributed by atoms with Gasteiger partial charge in [0.25, 0.3) is 0 Å². The molecular formula is C83H123N9O19S. The molecule has 9 amide bonds. The molecule has 4 aliphatic rings. The summed E-state index contributed by atoms with van der Waals surface area (Å²) in [6.45, 7) is 18.4. The molecular weight excluding hydrogens is 1460 g/mol. The van der Waals surface area contributed by atoms with Crippen LogP contribution in [0.5, 0.6) is 11.5 Å². The molecule has 1 saturated heterocycles. The maximum atomic E-state index is 13.4. The summed E-state index contributed by atoms with van der Waals surface area (Å²) in [5.74, 6) is -8.68. The van der Waals surface area contributed by atoms with Crippen molar-refractivity contribution in [1.82, 2.24) is 48.5 Å². The first kappa shape index (κ1) is 95.5. The summed E-state index contributed by atoms with van der Waals surface area (Å²) < 4.78 is 10.1. The van der Waals surface area contributed by atoms with Gasteiger partial charge in [0.15, 0.2) is 0 Å². The molecule has 15 atom stereocenters. The Bertz CT molecular complexity index is 3650. The molecule has 3 fully saturated rings. The van der Waals surface area contributed by atoms with Gasteiger partial charge < -0.3 is 36.1 Å². The van der Waals surface area contributed by atoms with Crippen LogP contribution in [0.1, 0.15) is 162 Å². The molecule has 3 aromatic rings. The van der Waals surface area contributed by atoms with Crippen LogP contribution in [0.2, 0.25) is 0 Å². The number of allylic oxidation sites excluding steroid dienone is 1. The highest BCUT2D eigenvalue weighted by molar-refractivity contribution is 8.01. The van der Waals surface area contributed by atoms with Gasteiger partial charge >= 0.3 is 0 Å². The Morgan fingerprint density at radius 3 is 1.45 bits per heavy atom. The Morgan fingerprint density at radius 2 is 1.01 bits per heavy atom. The second-order valence-corrected chi connectivity index (χ2v) is 33.3. The number of ether oxygens (including phenoxy) is 2. The summed E-state index contributed by atoms with van der Waals surface area (Å²) in [6, 6.07) is 24.3. The van der Waals surface area contributed by atoms with E-state index in [0.717, 1.165) is 59.4 Å². The van der Waals surface area contributed by atoms with Crippen molar-refractivity contribution in [3.05, 3.63) is 107 Å². The summed E-state index contributed by atoms with van der Waals surface area (Å²) in [5, 5.41) is 49.4. The lowest BCUT2D eigenvalue weighted by Gasteiger charge is -2.37. The molecule has 112 heavy (non-hydrogen) atoms. The molecule has 2 saturated carbocycles. The number of nitrogens with one attached hydrogen (secondary N) is 9. The van der Waals surface area contributed by atoms with Crippen molar-refractivity contribution in [3.63, 3.8) is 0 Å². The minimum Gasteiger partial charge on any atom is -0.497 e. The topological polar surface area (TPSA) is 430 Å². The number of hydroxylamine groups is 4. The number of hydrogen-bond acceptors (Lipinski definition) is 20. The van der Waals surface area contributed by atoms with E-state index in [0.29, 0.717) is 45.1 Å². The monoisotopic (exact) mass is 1580 g/mol. The minimum atomic E-state index is -0.804. The van der Waals surface area contributed by atoms with E-state index in [-0.39, 0.29) is 125 Å². The van der Waals surface area contributed by atoms with E-state index in [1.54, 1.807) is 76.1 Å². The van der Waals surface area contributed by atoms with Gasteiger partial charge in [-0.15, -0.1) is 11.8 Å². The predicted octanol–water partition coefficient (Wildman–Crippen LogP) is 8.02. The number of methoxy groups -OCH3 is 2. The van der Waals surface area contributed by atoms with Crippen LogP contribution < -0.4 is 58.0 Å². The molecule has 28 nitrogen and oxygen atoms in total. The van der Waals surface area contributed by atoms with E-state index < -0.39 is 94.6 Å². The molecule has 620 valence electrons. The van der Waals surface area contributed by atoms with Crippen molar-refractivity contribution < 1.29 is 92.6 Å². The summed E-state index contributed by atoms with van der Waals surface area (Å²) in [5.41, 5.74) is 10.6. The molecule has 0 radical (unpaired) electrons. The van der Waals surface area contributed by atoms with Crippen molar-refractivity contribution in [2.75, 3.05) is 49.0 Å². The fourth-order valence-corrected chi connectivity index (χ4v) is 17.1. The number of ketones is 4. The van der Waals surface area contributed by atoms with Gasteiger partial charge in [0.05, 0.1) is 37.9 Å². The van der Waals surface area contributed by atoms with E-state index in [1.807, 2.05) is 126 Å². The molecule has 0 unspecified atom stereocenters. The smallest absolute Gasteiger partial charge is 0.248 e. The van der Waals surface area contributed by atoms with Gasteiger partial charge in [0, 0.05) is 124 Å². The number of benzene rings is 3. The van der Waals surface area contributed by atoms with Crippen LogP contribution in [-0.4, -0.2) is 156 Å². The van der Waals surface area contributed by atoms with E-state index in [9.17, 15) is 67.5 Å². The molecule has 7 rings (SSSR count). The van der Waals surface area contributed by atoms with Crippen molar-refractivity contribution in [1.29, 1.82) is 0 Å². The van der Waals surface area contributed by atoms with Crippen LogP contribution in [0.25, 0.3) is 0 Å². The summed E-state index contributed by atoms with van der Waals surface area (Å²) in [4.78, 5) is 162. The van der Waals surface area contributed by atoms with E-state index in [4.69, 9.17) is 25.1 Å². The normalized spacial score (nSPS) is 22.9. The van der Waals surface area contributed by atoms with Crippen LogP contribution in [0, 0.1) is 94.7 Å². The number of amides is 9. The number of hydrogen-bond donors (Lipinski definition) is 13. The van der Waals surface area contributed by atoms with E-state index >= 15 is 0 Å². The van der Waals surface area contributed by atoms with Crippen LogP contribution in [0.3, 0.4) is 0 Å². The fourth-order valence-electron chi connectivity index (χ4n) is 15.5. The molecule has 0 aromatic heterocycles. The van der Waals surface area contributed by atoms with Gasteiger partial charge in [-0.05, 0) is 129 Å². The number of carbonyl (C=O) groups excluding carboxylic acids is 13. The van der Waals surface area contributed by atoms with Gasteiger partial charge in [0.1, 0.15) is 34.6 Å². The van der Waals surface area contributed by atoms with Crippen molar-refractivity contribution in [2.24, 2.45) is 94.7 Å².